The molecule has 2 aromatic carbocycles. The predicted octanol–water partition coefficient (Wildman–Crippen LogP) is 3.66. The first-order valence-corrected chi connectivity index (χ1v) is 9.16. The average molecular weight is 364 g/mol. The lowest BCUT2D eigenvalue weighted by Crippen LogP contribution is -2.29. The smallest absolute Gasteiger partial charge is 0.293 e. The van der Waals surface area contributed by atoms with Crippen LogP contribution in [0, 0.1) is 0 Å². The highest BCUT2D eigenvalue weighted by molar-refractivity contribution is 8.18. The molecule has 0 aromatic heterocycles. The van der Waals surface area contributed by atoms with Crippen LogP contribution in [0.1, 0.15) is 18.1 Å². The number of imide groups is 1. The zero-order valence-corrected chi connectivity index (χ0v) is 15.0. The average Bonchev–Trinajstić information content (AvgIpc) is 3.09. The summed E-state index contributed by atoms with van der Waals surface area (Å²) in [6, 6.07) is 16.7. The van der Waals surface area contributed by atoms with Crippen LogP contribution in [-0.4, -0.2) is 28.5 Å². The summed E-state index contributed by atoms with van der Waals surface area (Å²) in [5.74, 6) is -0.626. The van der Waals surface area contributed by atoms with Gasteiger partial charge in [-0.05, 0) is 30.3 Å². The van der Waals surface area contributed by atoms with Gasteiger partial charge in [0.1, 0.15) is 0 Å². The molecular weight excluding hydrogens is 348 g/mol. The molecule has 2 heterocycles. The number of carbonyl (C=O) groups is 3. The van der Waals surface area contributed by atoms with Gasteiger partial charge in [0.15, 0.2) is 0 Å². The lowest BCUT2D eigenvalue weighted by Gasteiger charge is -2.13. The number of hydrogen-bond acceptors (Lipinski definition) is 4. The number of hydrogen-bond donors (Lipinski definition) is 0. The van der Waals surface area contributed by atoms with Gasteiger partial charge in [-0.25, -0.2) is 0 Å². The summed E-state index contributed by atoms with van der Waals surface area (Å²) >= 11 is 0.848. The topological polar surface area (TPSA) is 57.7 Å². The van der Waals surface area contributed by atoms with Crippen LogP contribution < -0.4 is 4.90 Å². The van der Waals surface area contributed by atoms with E-state index >= 15 is 0 Å². The molecule has 26 heavy (non-hydrogen) atoms. The van der Waals surface area contributed by atoms with Crippen molar-refractivity contribution >= 4 is 40.1 Å². The molecule has 0 radical (unpaired) electrons. The Morgan fingerprint density at radius 3 is 2.27 bits per heavy atom. The highest BCUT2D eigenvalue weighted by Gasteiger charge is 2.42. The Balaban J connectivity index is 1.75. The largest absolute Gasteiger partial charge is 0.308 e. The van der Waals surface area contributed by atoms with Crippen molar-refractivity contribution in [1.29, 1.82) is 0 Å². The minimum absolute atomic E-state index is 0.204. The molecule has 0 spiro atoms. The lowest BCUT2D eigenvalue weighted by atomic mass is 10.1. The number of nitrogens with zero attached hydrogens (tertiary/aromatic N) is 2. The molecule has 4 rings (SSSR count). The summed E-state index contributed by atoms with van der Waals surface area (Å²) in [6.07, 6.45) is 0. The number of anilines is 1. The van der Waals surface area contributed by atoms with Crippen LogP contribution in [-0.2, 0) is 16.1 Å². The molecule has 0 saturated carbocycles. The monoisotopic (exact) mass is 364 g/mol. The minimum atomic E-state index is -0.403. The molecule has 0 aliphatic carbocycles. The molecule has 1 saturated heterocycles. The fourth-order valence-corrected chi connectivity index (χ4v) is 4.19. The lowest BCUT2D eigenvalue weighted by molar-refractivity contribution is -0.123. The van der Waals surface area contributed by atoms with Crippen molar-refractivity contribution in [3.05, 3.63) is 70.6 Å². The van der Waals surface area contributed by atoms with Crippen molar-refractivity contribution in [3.8, 4) is 0 Å². The number of para-hydroxylation sites is 1. The predicted molar refractivity (Wildman–Crippen MR) is 101 cm³/mol. The van der Waals surface area contributed by atoms with Gasteiger partial charge in [-0.2, -0.15) is 0 Å². The minimum Gasteiger partial charge on any atom is -0.308 e. The van der Waals surface area contributed by atoms with E-state index in [1.165, 1.54) is 4.90 Å². The van der Waals surface area contributed by atoms with Crippen LogP contribution in [0.5, 0.6) is 0 Å². The van der Waals surface area contributed by atoms with E-state index in [4.69, 9.17) is 0 Å². The van der Waals surface area contributed by atoms with Gasteiger partial charge in [0.25, 0.3) is 17.1 Å². The molecule has 3 amide bonds. The van der Waals surface area contributed by atoms with E-state index in [0.717, 1.165) is 23.0 Å². The fourth-order valence-electron chi connectivity index (χ4n) is 3.27. The maximum Gasteiger partial charge on any atom is 0.293 e. The molecule has 0 atom stereocenters. The van der Waals surface area contributed by atoms with Crippen molar-refractivity contribution in [3.63, 3.8) is 0 Å². The summed E-state index contributed by atoms with van der Waals surface area (Å²) in [4.78, 5) is 41.3. The van der Waals surface area contributed by atoms with E-state index in [0.29, 0.717) is 17.7 Å². The number of rotatable bonds is 3. The number of carbonyl (C=O) groups excluding carboxylic acids is 3. The molecule has 2 aliphatic heterocycles. The molecular formula is C20H16N2O3S. The number of amides is 3. The first-order chi connectivity index (χ1) is 12.6. The van der Waals surface area contributed by atoms with Crippen LogP contribution in [0.4, 0.5) is 10.5 Å². The fraction of sp³-hybridized carbons (Fsp3) is 0.150. The molecule has 0 bridgehead atoms. The van der Waals surface area contributed by atoms with Gasteiger partial charge in [0, 0.05) is 12.1 Å². The second-order valence-corrected chi connectivity index (χ2v) is 6.98. The Morgan fingerprint density at radius 2 is 1.54 bits per heavy atom. The van der Waals surface area contributed by atoms with Gasteiger partial charge in [0.2, 0.25) is 0 Å². The number of benzene rings is 2. The summed E-state index contributed by atoms with van der Waals surface area (Å²) in [5.41, 5.74) is 2.70. The van der Waals surface area contributed by atoms with Gasteiger partial charge in [-0.3, -0.25) is 19.3 Å². The van der Waals surface area contributed by atoms with Crippen molar-refractivity contribution < 1.29 is 14.4 Å². The van der Waals surface area contributed by atoms with Crippen molar-refractivity contribution in [2.75, 3.05) is 11.4 Å². The van der Waals surface area contributed by atoms with Gasteiger partial charge < -0.3 is 4.90 Å². The second kappa shape index (κ2) is 6.46. The number of likely N-dealkylation sites (N-methyl/N-ethyl adjacent to an activating group) is 1. The summed E-state index contributed by atoms with van der Waals surface area (Å²) in [7, 11) is 0. The van der Waals surface area contributed by atoms with E-state index in [9.17, 15) is 14.4 Å². The molecule has 0 unspecified atom stereocenters. The Labute approximate surface area is 155 Å². The zero-order chi connectivity index (χ0) is 18.3. The van der Waals surface area contributed by atoms with Gasteiger partial charge >= 0.3 is 0 Å². The standard InChI is InChI=1S/C20H16N2O3S/c1-2-21-15-11-7-6-10-14(15)16(18(21)23)17-19(24)22(20(25)26-17)12-13-8-4-3-5-9-13/h3-11H,2,12H2,1H3. The van der Waals surface area contributed by atoms with E-state index in [1.807, 2.05) is 61.5 Å². The first kappa shape index (κ1) is 16.6. The summed E-state index contributed by atoms with van der Waals surface area (Å²) in [6.45, 7) is 2.60. The Hall–Kier alpha value is -2.86. The second-order valence-electron chi connectivity index (χ2n) is 6.02. The third kappa shape index (κ3) is 2.54. The maximum atomic E-state index is 12.9. The Bertz CT molecular complexity index is 953. The third-order valence-corrected chi connectivity index (χ3v) is 5.48. The van der Waals surface area contributed by atoms with Crippen LogP contribution in [0.3, 0.4) is 0 Å². The summed E-state index contributed by atoms with van der Waals surface area (Å²) < 4.78 is 0. The first-order valence-electron chi connectivity index (χ1n) is 8.35. The SMILES string of the molecule is CCN1C(=O)C(=C2SC(=O)N(Cc3ccccc3)C2=O)c2ccccc21. The van der Waals surface area contributed by atoms with E-state index < -0.39 is 5.91 Å². The molecule has 6 heteroatoms. The molecule has 0 N–H and O–H groups in total. The van der Waals surface area contributed by atoms with E-state index in [2.05, 4.69) is 0 Å². The highest BCUT2D eigenvalue weighted by atomic mass is 32.2. The normalized spacial score (nSPS) is 19.5. The number of fused-ring (bicyclic) bond motifs is 1. The number of thioether (sulfide) groups is 1. The van der Waals surface area contributed by atoms with Crippen molar-refractivity contribution in [1.82, 2.24) is 4.90 Å². The molecule has 5 nitrogen and oxygen atoms in total. The van der Waals surface area contributed by atoms with Crippen molar-refractivity contribution in [2.24, 2.45) is 0 Å². The van der Waals surface area contributed by atoms with Crippen LogP contribution in [0.2, 0.25) is 0 Å². The Kier molecular flexibility index (Phi) is 4.12. The van der Waals surface area contributed by atoms with Crippen LogP contribution in [0.25, 0.3) is 5.57 Å². The summed E-state index contributed by atoms with van der Waals surface area (Å²) in [5, 5.41) is -0.346. The highest BCUT2D eigenvalue weighted by Crippen LogP contribution is 2.44. The molecule has 1 fully saturated rings. The maximum absolute atomic E-state index is 12.9. The van der Waals surface area contributed by atoms with Crippen molar-refractivity contribution in [2.45, 2.75) is 13.5 Å². The van der Waals surface area contributed by atoms with E-state index in [1.54, 1.807) is 4.90 Å². The Morgan fingerprint density at radius 1 is 0.846 bits per heavy atom. The quantitative estimate of drug-likeness (QED) is 0.780. The van der Waals surface area contributed by atoms with Gasteiger partial charge in [-0.1, -0.05) is 48.5 Å². The van der Waals surface area contributed by atoms with E-state index in [-0.39, 0.29) is 22.6 Å². The van der Waals surface area contributed by atoms with Gasteiger partial charge in [-0.15, -0.1) is 0 Å². The van der Waals surface area contributed by atoms with Crippen LogP contribution >= 0.6 is 11.8 Å². The molecule has 2 aromatic rings. The van der Waals surface area contributed by atoms with Gasteiger partial charge in [0.05, 0.1) is 22.7 Å². The molecule has 2 aliphatic rings. The third-order valence-electron chi connectivity index (χ3n) is 4.50. The zero-order valence-electron chi connectivity index (χ0n) is 14.1. The van der Waals surface area contributed by atoms with Crippen LogP contribution in [0.15, 0.2) is 59.5 Å². The molecule has 130 valence electrons.